The first-order chi connectivity index (χ1) is 25.2. The number of hydrogen-bond acceptors (Lipinski definition) is 9. The largest absolute Gasteiger partial charge is 0.485 e. The second kappa shape index (κ2) is 14.6. The zero-order valence-electron chi connectivity index (χ0n) is 29.7. The summed E-state index contributed by atoms with van der Waals surface area (Å²) in [6.07, 6.45) is 7.95. The van der Waals surface area contributed by atoms with E-state index in [4.69, 9.17) is 26.0 Å². The summed E-state index contributed by atoms with van der Waals surface area (Å²) in [4.78, 5) is 41.8. The smallest absolute Gasteiger partial charge is 0.257 e. The molecule has 13 heteroatoms. The fourth-order valence-corrected chi connectivity index (χ4v) is 7.27. The third-order valence-electron chi connectivity index (χ3n) is 10.4. The number of ether oxygens (including phenoxy) is 2. The molecule has 3 aromatic rings. The fourth-order valence-electron chi connectivity index (χ4n) is 7.27. The van der Waals surface area contributed by atoms with Crippen molar-refractivity contribution in [2.75, 3.05) is 64.1 Å². The maximum atomic E-state index is 14.0. The van der Waals surface area contributed by atoms with Crippen LogP contribution in [0.1, 0.15) is 54.5 Å². The van der Waals surface area contributed by atoms with Gasteiger partial charge in [0.05, 0.1) is 42.9 Å². The first-order valence-corrected chi connectivity index (χ1v) is 17.8. The van der Waals surface area contributed by atoms with Gasteiger partial charge < -0.3 is 30.3 Å². The number of nitrogens with two attached hydrogens (primary N) is 1. The second-order valence-electron chi connectivity index (χ2n) is 13.9. The Morgan fingerprint density at radius 2 is 1.88 bits per heavy atom. The molecule has 7 rings (SSSR count). The van der Waals surface area contributed by atoms with Gasteiger partial charge in [0.1, 0.15) is 0 Å². The molecule has 1 aliphatic carbocycles. The lowest BCUT2D eigenvalue weighted by molar-refractivity contribution is -0.132. The minimum atomic E-state index is -0.544. The SMILES string of the molecule is CN/C=N\C(=N)c1ccc(C2=CCN(C(=O)CN3CC[C@]4(CCN(c5ccc(N)c(C(=N)c6ccc(OC7CC7)c(OC)n6)c5)C4=O)C3)CC2)cc1. The zero-order valence-corrected chi connectivity index (χ0v) is 29.7. The molecule has 2 aromatic carbocycles. The number of anilines is 2. The molecule has 1 aromatic heterocycles. The number of methoxy groups -OCH3 is 1. The van der Waals surface area contributed by atoms with E-state index in [0.717, 1.165) is 30.4 Å². The summed E-state index contributed by atoms with van der Waals surface area (Å²) < 4.78 is 11.3. The highest BCUT2D eigenvalue weighted by Gasteiger charge is 2.51. The average molecular weight is 704 g/mol. The molecular formula is C39H45N9O4. The number of nitrogens with zero attached hydrogens (tertiary/aromatic N) is 5. The van der Waals surface area contributed by atoms with Crippen LogP contribution in [0.15, 0.2) is 65.7 Å². The molecule has 2 saturated heterocycles. The van der Waals surface area contributed by atoms with E-state index in [1.54, 1.807) is 36.2 Å². The summed E-state index contributed by atoms with van der Waals surface area (Å²) in [6, 6.07) is 16.7. The third kappa shape index (κ3) is 7.13. The summed E-state index contributed by atoms with van der Waals surface area (Å²) in [6.45, 7) is 3.24. The van der Waals surface area contributed by atoms with Crippen molar-refractivity contribution in [3.8, 4) is 11.6 Å². The van der Waals surface area contributed by atoms with E-state index in [1.807, 2.05) is 35.2 Å². The van der Waals surface area contributed by atoms with E-state index in [9.17, 15) is 9.59 Å². The molecule has 4 heterocycles. The molecule has 0 radical (unpaired) electrons. The normalized spacial score (nSPS) is 20.4. The van der Waals surface area contributed by atoms with Crippen LogP contribution >= 0.6 is 0 Å². The lowest BCUT2D eigenvalue weighted by atomic mass is 9.85. The van der Waals surface area contributed by atoms with Gasteiger partial charge in [0.15, 0.2) is 11.6 Å². The van der Waals surface area contributed by atoms with Crippen molar-refractivity contribution in [3.63, 3.8) is 0 Å². The highest BCUT2D eigenvalue weighted by atomic mass is 16.5. The Labute approximate surface area is 303 Å². The maximum Gasteiger partial charge on any atom is 0.257 e. The summed E-state index contributed by atoms with van der Waals surface area (Å²) in [5, 5.41) is 19.8. The first-order valence-electron chi connectivity index (χ1n) is 17.8. The number of nitrogen functional groups attached to an aromatic ring is 1. The second-order valence-corrected chi connectivity index (χ2v) is 13.9. The zero-order chi connectivity index (χ0) is 36.4. The third-order valence-corrected chi connectivity index (χ3v) is 10.4. The van der Waals surface area contributed by atoms with Gasteiger partial charge in [-0.1, -0.05) is 30.3 Å². The Hall–Kier alpha value is -5.56. The van der Waals surface area contributed by atoms with Gasteiger partial charge in [-0.3, -0.25) is 25.3 Å². The van der Waals surface area contributed by atoms with E-state index in [0.29, 0.717) is 79.8 Å². The molecule has 0 bridgehead atoms. The molecule has 4 aliphatic rings. The quantitative estimate of drug-likeness (QED) is 0.132. The summed E-state index contributed by atoms with van der Waals surface area (Å²) in [5.41, 5.74) is 11.0. The van der Waals surface area contributed by atoms with Crippen LogP contribution in [0.4, 0.5) is 11.4 Å². The molecule has 3 aliphatic heterocycles. The number of rotatable bonds is 11. The standard InChI is InChI=1S/C39H45N9O4/c1-43-24-44-36(42)27-5-3-25(4-6-27)26-13-17-47(18-14-26)34(49)22-46-19-15-39(23-46)16-20-48(38(39)50)28-7-10-31(40)30(21-28)35(41)32-11-12-33(37(45-32)51-2)52-29-8-9-29/h3-7,10-13,21,24,29,41H,8-9,14-20,22-23,40H2,1-2H3,(H2,42,43,44)/t39-/m0/s1. The number of benzene rings is 2. The Morgan fingerprint density at radius 1 is 1.10 bits per heavy atom. The van der Waals surface area contributed by atoms with Crippen LogP contribution < -0.4 is 25.4 Å². The van der Waals surface area contributed by atoms with Crippen LogP contribution in [0.3, 0.4) is 0 Å². The van der Waals surface area contributed by atoms with Gasteiger partial charge in [0.2, 0.25) is 11.8 Å². The molecule has 2 amide bonds. The number of nitrogens with one attached hydrogen (secondary N) is 3. The highest BCUT2D eigenvalue weighted by molar-refractivity contribution is 6.14. The van der Waals surface area contributed by atoms with E-state index < -0.39 is 5.41 Å². The van der Waals surface area contributed by atoms with Crippen molar-refractivity contribution in [3.05, 3.63) is 83.1 Å². The lowest BCUT2D eigenvalue weighted by Gasteiger charge is -2.29. The average Bonchev–Trinajstić information content (AvgIpc) is 3.82. The number of carbonyl (C=O) groups excluding carboxylic acids is 2. The van der Waals surface area contributed by atoms with Crippen molar-refractivity contribution in [2.45, 2.75) is 38.2 Å². The summed E-state index contributed by atoms with van der Waals surface area (Å²) in [5.74, 6) is 1.19. The highest BCUT2D eigenvalue weighted by Crippen LogP contribution is 2.43. The minimum Gasteiger partial charge on any atom is -0.485 e. The molecular weight excluding hydrogens is 658 g/mol. The van der Waals surface area contributed by atoms with Gasteiger partial charge in [-0.05, 0) is 80.1 Å². The van der Waals surface area contributed by atoms with Crippen LogP contribution in [0, 0.1) is 16.2 Å². The fraction of sp³-hybridized carbons (Fsp3) is 0.385. The van der Waals surface area contributed by atoms with Crippen LogP contribution in [0.2, 0.25) is 0 Å². The number of likely N-dealkylation sites (tertiary alicyclic amines) is 1. The van der Waals surface area contributed by atoms with Gasteiger partial charge in [-0.25, -0.2) is 9.98 Å². The van der Waals surface area contributed by atoms with Crippen molar-refractivity contribution in [1.82, 2.24) is 20.1 Å². The van der Waals surface area contributed by atoms with Crippen molar-refractivity contribution < 1.29 is 19.1 Å². The molecule has 0 unspecified atom stereocenters. The van der Waals surface area contributed by atoms with E-state index in [1.165, 1.54) is 19.0 Å². The number of amidine groups is 1. The molecule has 3 fully saturated rings. The predicted octanol–water partition coefficient (Wildman–Crippen LogP) is 3.95. The first kappa shape index (κ1) is 34.9. The lowest BCUT2D eigenvalue weighted by Crippen LogP contribution is -2.43. The molecule has 52 heavy (non-hydrogen) atoms. The molecule has 13 nitrogen and oxygen atoms in total. The van der Waals surface area contributed by atoms with Gasteiger partial charge in [-0.15, -0.1) is 0 Å². The van der Waals surface area contributed by atoms with Crippen LogP contribution in [-0.2, 0) is 9.59 Å². The van der Waals surface area contributed by atoms with E-state index in [-0.39, 0.29) is 36.0 Å². The number of hydrogen-bond donors (Lipinski definition) is 4. The molecule has 5 N–H and O–H groups in total. The Balaban J connectivity index is 0.956. The van der Waals surface area contributed by atoms with Gasteiger partial charge in [0.25, 0.3) is 5.88 Å². The van der Waals surface area contributed by atoms with Gasteiger partial charge >= 0.3 is 0 Å². The topological polar surface area (TPSA) is 173 Å². The molecule has 270 valence electrons. The Bertz CT molecular complexity index is 1960. The number of aliphatic imine (C=N–C) groups is 1. The Morgan fingerprint density at radius 3 is 2.60 bits per heavy atom. The monoisotopic (exact) mass is 703 g/mol. The number of pyridine rings is 1. The maximum absolute atomic E-state index is 14.0. The molecule has 1 spiro atoms. The minimum absolute atomic E-state index is 0.0478. The van der Waals surface area contributed by atoms with Crippen molar-refractivity contribution >= 4 is 46.6 Å². The van der Waals surface area contributed by atoms with Crippen molar-refractivity contribution in [2.24, 2.45) is 10.4 Å². The van der Waals surface area contributed by atoms with Crippen LogP contribution in [0.25, 0.3) is 5.57 Å². The number of amides is 2. The summed E-state index contributed by atoms with van der Waals surface area (Å²) >= 11 is 0. The number of aromatic nitrogens is 1. The van der Waals surface area contributed by atoms with Gasteiger partial charge in [0, 0.05) is 55.7 Å². The molecule has 1 atom stereocenters. The Kier molecular flexibility index (Phi) is 9.78. The van der Waals surface area contributed by atoms with Crippen LogP contribution in [0.5, 0.6) is 11.6 Å². The van der Waals surface area contributed by atoms with E-state index in [2.05, 4.69) is 26.3 Å². The molecule has 1 saturated carbocycles. The number of carbonyl (C=O) groups is 2. The van der Waals surface area contributed by atoms with Gasteiger partial charge in [-0.2, -0.15) is 0 Å². The van der Waals surface area contributed by atoms with Crippen LogP contribution in [-0.4, -0.2) is 104 Å². The predicted molar refractivity (Wildman–Crippen MR) is 202 cm³/mol. The van der Waals surface area contributed by atoms with Crippen molar-refractivity contribution in [1.29, 1.82) is 10.8 Å². The van der Waals surface area contributed by atoms with E-state index >= 15 is 0 Å². The summed E-state index contributed by atoms with van der Waals surface area (Å²) in [7, 11) is 3.27.